The molecule has 1 unspecified atom stereocenters. The van der Waals surface area contributed by atoms with E-state index < -0.39 is 11.5 Å². The number of hydrogen-bond donors (Lipinski definition) is 2. The number of carboxylic acids is 1. The van der Waals surface area contributed by atoms with Crippen molar-refractivity contribution in [3.8, 4) is 0 Å². The molecule has 2 fully saturated rings. The molecular formula is C14H25NO3. The van der Waals surface area contributed by atoms with Gasteiger partial charge in [-0.25, -0.2) is 0 Å². The molecule has 0 amide bonds. The number of carbonyl (C=O) groups is 1. The van der Waals surface area contributed by atoms with Crippen LogP contribution in [0.1, 0.15) is 51.9 Å². The maximum Gasteiger partial charge on any atom is 0.326 e. The molecule has 2 saturated carbocycles. The Morgan fingerprint density at radius 3 is 2.56 bits per heavy atom. The summed E-state index contributed by atoms with van der Waals surface area (Å²) < 4.78 is 5.65. The second-order valence-electron chi connectivity index (χ2n) is 5.73. The fourth-order valence-electron chi connectivity index (χ4n) is 2.43. The first-order valence-corrected chi connectivity index (χ1v) is 7.28. The number of rotatable bonds is 10. The molecule has 0 bridgehead atoms. The SMILES string of the molecule is CCCCCOCC(NC1CC1)(C(=O)O)C1CC1. The summed E-state index contributed by atoms with van der Waals surface area (Å²) in [5.41, 5.74) is -0.812. The average Bonchev–Trinajstić information content (AvgIpc) is 3.19. The molecule has 104 valence electrons. The summed E-state index contributed by atoms with van der Waals surface area (Å²) in [4.78, 5) is 11.6. The Bertz CT molecular complexity index is 287. The molecule has 4 nitrogen and oxygen atoms in total. The first-order chi connectivity index (χ1) is 8.69. The molecule has 0 spiro atoms. The highest BCUT2D eigenvalue weighted by Crippen LogP contribution is 2.42. The summed E-state index contributed by atoms with van der Waals surface area (Å²) in [6, 6.07) is 0.404. The van der Waals surface area contributed by atoms with Crippen LogP contribution in [-0.4, -0.2) is 35.9 Å². The Balaban J connectivity index is 1.84. The second kappa shape index (κ2) is 6.02. The maximum absolute atomic E-state index is 11.6. The maximum atomic E-state index is 11.6. The highest BCUT2D eigenvalue weighted by Gasteiger charge is 2.53. The number of carboxylic acid groups (broad SMARTS) is 1. The Hall–Kier alpha value is -0.610. The number of nitrogens with one attached hydrogen (secondary N) is 1. The van der Waals surface area contributed by atoms with Gasteiger partial charge in [-0.1, -0.05) is 19.8 Å². The molecule has 2 rings (SSSR count). The smallest absolute Gasteiger partial charge is 0.326 e. The molecule has 0 aliphatic heterocycles. The summed E-state index contributed by atoms with van der Waals surface area (Å²) in [7, 11) is 0. The normalized spacial score (nSPS) is 22.7. The van der Waals surface area contributed by atoms with Gasteiger partial charge in [0.05, 0.1) is 6.61 Å². The quantitative estimate of drug-likeness (QED) is 0.587. The molecule has 0 aromatic rings. The van der Waals surface area contributed by atoms with Crippen molar-refractivity contribution in [3.63, 3.8) is 0 Å². The molecule has 0 aromatic heterocycles. The molecule has 0 heterocycles. The summed E-state index contributed by atoms with van der Waals surface area (Å²) in [6.45, 7) is 3.16. The van der Waals surface area contributed by atoms with Gasteiger partial charge in [0.15, 0.2) is 0 Å². The van der Waals surface area contributed by atoms with Crippen molar-refractivity contribution in [1.82, 2.24) is 5.32 Å². The monoisotopic (exact) mass is 255 g/mol. The molecule has 0 aromatic carbocycles. The minimum absolute atomic E-state index is 0.266. The lowest BCUT2D eigenvalue weighted by atomic mass is 9.94. The summed E-state index contributed by atoms with van der Waals surface area (Å²) in [5, 5.41) is 12.9. The highest BCUT2D eigenvalue weighted by atomic mass is 16.5. The van der Waals surface area contributed by atoms with Crippen LogP contribution in [-0.2, 0) is 9.53 Å². The van der Waals surface area contributed by atoms with Gasteiger partial charge in [0.25, 0.3) is 0 Å². The van der Waals surface area contributed by atoms with Gasteiger partial charge >= 0.3 is 5.97 Å². The first-order valence-electron chi connectivity index (χ1n) is 7.28. The van der Waals surface area contributed by atoms with Crippen LogP contribution in [0.4, 0.5) is 0 Å². The highest BCUT2D eigenvalue weighted by molar-refractivity contribution is 5.80. The third-order valence-corrected chi connectivity index (χ3v) is 3.92. The Kier molecular flexibility index (Phi) is 4.62. The van der Waals surface area contributed by atoms with Crippen LogP contribution in [0.5, 0.6) is 0 Å². The molecule has 2 aliphatic carbocycles. The number of unbranched alkanes of at least 4 members (excludes halogenated alkanes) is 2. The average molecular weight is 255 g/mol. The molecule has 4 heteroatoms. The van der Waals surface area contributed by atoms with Gasteiger partial charge in [0.2, 0.25) is 0 Å². The Labute approximate surface area is 109 Å². The lowest BCUT2D eigenvalue weighted by Gasteiger charge is -2.30. The number of aliphatic carboxylic acids is 1. The van der Waals surface area contributed by atoms with Gasteiger partial charge in [0.1, 0.15) is 5.54 Å². The van der Waals surface area contributed by atoms with Crippen LogP contribution in [0.25, 0.3) is 0 Å². The van der Waals surface area contributed by atoms with Crippen molar-refractivity contribution >= 4 is 5.97 Å². The third-order valence-electron chi connectivity index (χ3n) is 3.92. The second-order valence-corrected chi connectivity index (χ2v) is 5.73. The molecule has 1 atom stereocenters. The third kappa shape index (κ3) is 3.45. The predicted molar refractivity (Wildman–Crippen MR) is 69.6 cm³/mol. The van der Waals surface area contributed by atoms with Gasteiger partial charge in [-0.15, -0.1) is 0 Å². The summed E-state index contributed by atoms with van der Waals surface area (Å²) in [6.07, 6.45) is 7.60. The Morgan fingerprint density at radius 1 is 1.33 bits per heavy atom. The molecular weight excluding hydrogens is 230 g/mol. The van der Waals surface area contributed by atoms with Crippen molar-refractivity contribution < 1.29 is 14.6 Å². The Morgan fingerprint density at radius 2 is 2.06 bits per heavy atom. The predicted octanol–water partition coefficient (Wildman–Crippen LogP) is 2.18. The van der Waals surface area contributed by atoms with Crippen LogP contribution in [0.15, 0.2) is 0 Å². The van der Waals surface area contributed by atoms with Gasteiger partial charge in [0, 0.05) is 12.6 Å². The van der Waals surface area contributed by atoms with Gasteiger partial charge in [-0.05, 0) is 38.0 Å². The van der Waals surface area contributed by atoms with E-state index in [0.717, 1.165) is 44.9 Å². The van der Waals surface area contributed by atoms with Crippen LogP contribution < -0.4 is 5.32 Å². The van der Waals surface area contributed by atoms with Crippen molar-refractivity contribution in [3.05, 3.63) is 0 Å². The van der Waals surface area contributed by atoms with Crippen molar-refractivity contribution in [2.45, 2.75) is 63.5 Å². The molecule has 2 aliphatic rings. The van der Waals surface area contributed by atoms with E-state index >= 15 is 0 Å². The standard InChI is InChI=1S/C14H25NO3/c1-2-3-4-9-18-10-14(13(16)17,11-5-6-11)15-12-7-8-12/h11-12,15H,2-10H2,1H3,(H,16,17). The van der Waals surface area contributed by atoms with E-state index in [4.69, 9.17) is 4.74 Å². The lowest BCUT2D eigenvalue weighted by molar-refractivity contribution is -0.149. The topological polar surface area (TPSA) is 58.6 Å². The minimum atomic E-state index is -0.812. The summed E-state index contributed by atoms with van der Waals surface area (Å²) in [5.74, 6) is -0.464. The summed E-state index contributed by atoms with van der Waals surface area (Å²) >= 11 is 0. The van der Waals surface area contributed by atoms with E-state index in [0.29, 0.717) is 19.3 Å². The van der Waals surface area contributed by atoms with Crippen LogP contribution >= 0.6 is 0 Å². The fourth-order valence-corrected chi connectivity index (χ4v) is 2.43. The molecule has 18 heavy (non-hydrogen) atoms. The van der Waals surface area contributed by atoms with Gasteiger partial charge in [-0.3, -0.25) is 10.1 Å². The van der Waals surface area contributed by atoms with E-state index in [2.05, 4.69) is 12.2 Å². The van der Waals surface area contributed by atoms with Crippen LogP contribution in [0.3, 0.4) is 0 Å². The van der Waals surface area contributed by atoms with Crippen molar-refractivity contribution in [1.29, 1.82) is 0 Å². The van der Waals surface area contributed by atoms with Crippen LogP contribution in [0.2, 0.25) is 0 Å². The van der Waals surface area contributed by atoms with E-state index in [9.17, 15) is 9.90 Å². The van der Waals surface area contributed by atoms with Gasteiger partial charge < -0.3 is 9.84 Å². The number of hydrogen-bond acceptors (Lipinski definition) is 3. The van der Waals surface area contributed by atoms with E-state index in [1.165, 1.54) is 0 Å². The molecule has 0 saturated heterocycles. The van der Waals surface area contributed by atoms with E-state index in [1.54, 1.807) is 0 Å². The molecule has 0 radical (unpaired) electrons. The van der Waals surface area contributed by atoms with E-state index in [-0.39, 0.29) is 5.92 Å². The lowest BCUT2D eigenvalue weighted by Crippen LogP contribution is -2.58. The van der Waals surface area contributed by atoms with Gasteiger partial charge in [-0.2, -0.15) is 0 Å². The molecule has 2 N–H and O–H groups in total. The largest absolute Gasteiger partial charge is 0.480 e. The minimum Gasteiger partial charge on any atom is -0.480 e. The first kappa shape index (κ1) is 13.8. The van der Waals surface area contributed by atoms with Crippen LogP contribution in [0, 0.1) is 5.92 Å². The zero-order valence-electron chi connectivity index (χ0n) is 11.3. The fraction of sp³-hybridized carbons (Fsp3) is 0.929. The number of ether oxygens (including phenoxy) is 1. The van der Waals surface area contributed by atoms with Crippen molar-refractivity contribution in [2.75, 3.05) is 13.2 Å². The zero-order chi connectivity index (χ0) is 13.0. The zero-order valence-corrected chi connectivity index (χ0v) is 11.3. The van der Waals surface area contributed by atoms with Crippen molar-refractivity contribution in [2.24, 2.45) is 5.92 Å². The van der Waals surface area contributed by atoms with E-state index in [1.807, 2.05) is 0 Å².